The number of amides is 2. The summed E-state index contributed by atoms with van der Waals surface area (Å²) in [4.78, 5) is 71.9. The summed E-state index contributed by atoms with van der Waals surface area (Å²) < 4.78 is 20.1. The monoisotopic (exact) mass is 651 g/mol. The second-order valence-electron chi connectivity index (χ2n) is 10.6. The molecule has 2 fully saturated rings. The molecule has 3 heterocycles. The van der Waals surface area contributed by atoms with Crippen LogP contribution in [0.4, 0.5) is 10.8 Å². The van der Waals surface area contributed by atoms with Crippen molar-refractivity contribution in [2.75, 3.05) is 31.7 Å². The number of carbonyl (C=O) groups excluding carboxylic acids is 4. The first-order valence-electron chi connectivity index (χ1n) is 12.9. The minimum atomic E-state index is -1.48. The first-order chi connectivity index (χ1) is 20.7. The van der Waals surface area contributed by atoms with Gasteiger partial charge in [0.15, 0.2) is 10.7 Å². The zero-order valence-corrected chi connectivity index (χ0v) is 25.6. The topological polar surface area (TPSA) is 228 Å². The Bertz CT molecular complexity index is 1480. The van der Waals surface area contributed by atoms with E-state index in [1.54, 1.807) is 20.8 Å². The number of nitro benzene ring substituents is 1. The largest absolute Gasteiger partial charge is 0.459 e. The van der Waals surface area contributed by atoms with Gasteiger partial charge in [0.2, 0.25) is 24.1 Å². The zero-order chi connectivity index (χ0) is 32.2. The molecular formula is C25H29N7O10S2. The number of hydrogen-bond acceptors (Lipinski definition) is 16. The van der Waals surface area contributed by atoms with Crippen LogP contribution in [0.25, 0.3) is 0 Å². The Morgan fingerprint density at radius 1 is 1.27 bits per heavy atom. The van der Waals surface area contributed by atoms with Crippen molar-refractivity contribution in [2.24, 2.45) is 5.16 Å². The number of fused-ring (bicyclic) bond motifs is 1. The number of β-lactam (4-membered cyclic amide) rings is 1. The molecule has 2 aliphatic rings. The van der Waals surface area contributed by atoms with E-state index in [9.17, 15) is 29.3 Å². The van der Waals surface area contributed by atoms with Crippen LogP contribution in [0, 0.1) is 10.1 Å². The van der Waals surface area contributed by atoms with E-state index < -0.39 is 63.6 Å². The Hall–Kier alpha value is -4.36. The average Bonchev–Trinajstić information content (AvgIpc) is 3.41. The normalized spacial score (nSPS) is 21.5. The third-order valence-electron chi connectivity index (χ3n) is 6.25. The number of methoxy groups -OCH3 is 1. The van der Waals surface area contributed by atoms with E-state index in [1.165, 1.54) is 48.0 Å². The molecule has 44 heavy (non-hydrogen) atoms. The van der Waals surface area contributed by atoms with Gasteiger partial charge in [-0.1, -0.05) is 5.16 Å². The zero-order valence-electron chi connectivity index (χ0n) is 24.0. The third kappa shape index (κ3) is 7.40. The maximum atomic E-state index is 13.2. The fourth-order valence-electron chi connectivity index (χ4n) is 4.12. The summed E-state index contributed by atoms with van der Waals surface area (Å²) in [6.07, 6.45) is 0. The number of nitrogens with two attached hydrogens (primary N) is 1. The molecule has 4 rings (SSSR count). The summed E-state index contributed by atoms with van der Waals surface area (Å²) >= 11 is 2.01. The van der Waals surface area contributed by atoms with Crippen LogP contribution in [0.15, 0.2) is 29.4 Å². The SMILES string of the molecule is COC1(C(=O)OCc2ccc([N+](=O)[O-])cc2)CS[C@@H]2C(NC(=O)C(=NOCC(=O)OC(C)(C)C)c3nsc(N)n3)C(=O)N2C1. The molecule has 2 amide bonds. The summed E-state index contributed by atoms with van der Waals surface area (Å²) in [5.74, 6) is -2.83. The van der Waals surface area contributed by atoms with Gasteiger partial charge in [-0.15, -0.1) is 11.8 Å². The number of carbonyl (C=O) groups is 4. The maximum Gasteiger partial charge on any atom is 0.347 e. The number of benzene rings is 1. The number of hydrogen-bond donors (Lipinski definition) is 2. The van der Waals surface area contributed by atoms with Gasteiger partial charge in [-0.2, -0.15) is 9.36 Å². The highest BCUT2D eigenvalue weighted by molar-refractivity contribution is 8.00. The number of nitro groups is 1. The van der Waals surface area contributed by atoms with E-state index in [0.717, 1.165) is 11.5 Å². The second-order valence-corrected chi connectivity index (χ2v) is 12.5. The summed E-state index contributed by atoms with van der Waals surface area (Å²) in [7, 11) is 1.32. The molecule has 1 aromatic heterocycles. The number of aromatic nitrogens is 2. The van der Waals surface area contributed by atoms with Gasteiger partial charge >= 0.3 is 11.9 Å². The number of nitrogen functional groups attached to an aromatic ring is 1. The molecule has 0 radical (unpaired) electrons. The first-order valence-corrected chi connectivity index (χ1v) is 14.8. The summed E-state index contributed by atoms with van der Waals surface area (Å²) in [5, 5.41) is 16.7. The lowest BCUT2D eigenvalue weighted by atomic mass is 9.99. The van der Waals surface area contributed by atoms with Crippen LogP contribution >= 0.6 is 23.3 Å². The molecule has 0 aliphatic carbocycles. The van der Waals surface area contributed by atoms with Crippen LogP contribution in [0.2, 0.25) is 0 Å². The molecule has 0 bridgehead atoms. The molecule has 0 saturated carbocycles. The van der Waals surface area contributed by atoms with Gasteiger partial charge in [-0.25, -0.2) is 9.59 Å². The minimum Gasteiger partial charge on any atom is -0.459 e. The average molecular weight is 652 g/mol. The highest BCUT2D eigenvalue weighted by atomic mass is 32.2. The number of rotatable bonds is 11. The van der Waals surface area contributed by atoms with Crippen LogP contribution < -0.4 is 11.1 Å². The van der Waals surface area contributed by atoms with E-state index in [-0.39, 0.29) is 35.5 Å². The Morgan fingerprint density at radius 3 is 2.57 bits per heavy atom. The molecule has 2 saturated heterocycles. The Kier molecular flexibility index (Phi) is 9.69. The van der Waals surface area contributed by atoms with Crippen molar-refractivity contribution in [2.45, 2.75) is 50.0 Å². The molecular weight excluding hydrogens is 622 g/mol. The molecule has 1 aromatic carbocycles. The molecule has 19 heteroatoms. The van der Waals surface area contributed by atoms with E-state index >= 15 is 0 Å². The Morgan fingerprint density at radius 2 is 1.98 bits per heavy atom. The fraction of sp³-hybridized carbons (Fsp3) is 0.480. The molecule has 3 atom stereocenters. The predicted octanol–water partition coefficient (Wildman–Crippen LogP) is 0.619. The number of thioether (sulfide) groups is 1. The van der Waals surface area contributed by atoms with Crippen LogP contribution in [-0.4, -0.2) is 97.3 Å². The molecule has 2 unspecified atom stereocenters. The summed E-state index contributed by atoms with van der Waals surface area (Å²) in [5.41, 5.74) is 3.44. The van der Waals surface area contributed by atoms with Crippen LogP contribution in [0.1, 0.15) is 32.2 Å². The number of ether oxygens (including phenoxy) is 3. The molecule has 2 aromatic rings. The van der Waals surface area contributed by atoms with Crippen molar-refractivity contribution in [3.8, 4) is 0 Å². The lowest BCUT2D eigenvalue weighted by Gasteiger charge is -2.53. The van der Waals surface area contributed by atoms with Crippen LogP contribution in [-0.2, 0) is 44.8 Å². The molecule has 0 spiro atoms. The summed E-state index contributed by atoms with van der Waals surface area (Å²) in [6.45, 7) is 4.16. The highest BCUT2D eigenvalue weighted by Gasteiger charge is 2.58. The van der Waals surface area contributed by atoms with Crippen molar-refractivity contribution in [1.82, 2.24) is 19.6 Å². The number of non-ortho nitro benzene ring substituents is 1. The molecule has 3 N–H and O–H groups in total. The van der Waals surface area contributed by atoms with Crippen molar-refractivity contribution >= 4 is 63.6 Å². The van der Waals surface area contributed by atoms with Gasteiger partial charge in [0.1, 0.15) is 23.6 Å². The van der Waals surface area contributed by atoms with Crippen molar-refractivity contribution in [1.29, 1.82) is 0 Å². The van der Waals surface area contributed by atoms with Gasteiger partial charge in [0, 0.05) is 36.5 Å². The van der Waals surface area contributed by atoms with Gasteiger partial charge in [0.05, 0.1) is 11.5 Å². The standard InChI is InChI=1S/C25H29N7O10S2/c1-24(2,3)42-15(33)10-41-29-16(18-28-23(26)44-30-18)19(34)27-17-20(35)31-11-25(39-4,12-43-21(17)31)22(36)40-9-13-5-7-14(8-6-13)32(37)38/h5-8,17,21H,9-12H2,1-4H3,(H,27,34)(H2,26,28,30)/t17?,21-,25?/m1/s1. The Labute approximate surface area is 258 Å². The Balaban J connectivity index is 1.38. The number of anilines is 1. The number of nitrogens with zero attached hydrogens (tertiary/aromatic N) is 5. The molecule has 17 nitrogen and oxygen atoms in total. The van der Waals surface area contributed by atoms with Gasteiger partial charge in [-0.3, -0.25) is 19.7 Å². The van der Waals surface area contributed by atoms with E-state index in [1.807, 2.05) is 0 Å². The van der Waals surface area contributed by atoms with Gasteiger partial charge < -0.3 is 35.0 Å². The van der Waals surface area contributed by atoms with Crippen LogP contribution in [0.5, 0.6) is 0 Å². The lowest BCUT2D eigenvalue weighted by Crippen LogP contribution is -2.75. The lowest BCUT2D eigenvalue weighted by molar-refractivity contribution is -0.384. The third-order valence-corrected chi connectivity index (χ3v) is 8.29. The van der Waals surface area contributed by atoms with Crippen molar-refractivity contribution in [3.63, 3.8) is 0 Å². The summed E-state index contributed by atoms with van der Waals surface area (Å²) in [6, 6.07) is 4.56. The molecule has 2 aliphatic heterocycles. The number of oxime groups is 1. The minimum absolute atomic E-state index is 0.0535. The predicted molar refractivity (Wildman–Crippen MR) is 155 cm³/mol. The van der Waals surface area contributed by atoms with Gasteiger partial charge in [0.25, 0.3) is 11.6 Å². The van der Waals surface area contributed by atoms with E-state index in [4.69, 9.17) is 24.8 Å². The maximum absolute atomic E-state index is 13.2. The van der Waals surface area contributed by atoms with Gasteiger partial charge in [-0.05, 0) is 38.5 Å². The van der Waals surface area contributed by atoms with Crippen molar-refractivity contribution < 1.29 is 43.1 Å². The second kappa shape index (κ2) is 13.1. The van der Waals surface area contributed by atoms with E-state index in [2.05, 4.69) is 19.8 Å². The first kappa shape index (κ1) is 32.6. The quantitative estimate of drug-likeness (QED) is 0.112. The van der Waals surface area contributed by atoms with Crippen LogP contribution in [0.3, 0.4) is 0 Å². The van der Waals surface area contributed by atoms with Crippen molar-refractivity contribution in [3.05, 3.63) is 45.8 Å². The fourth-order valence-corrected chi connectivity index (χ4v) is 6.06. The smallest absolute Gasteiger partial charge is 0.347 e. The highest BCUT2D eigenvalue weighted by Crippen LogP contribution is 2.40. The van der Waals surface area contributed by atoms with E-state index in [0.29, 0.717) is 5.56 Å². The number of esters is 2. The molecule has 236 valence electrons. The number of nitrogens with one attached hydrogen (secondary N) is 1.